The van der Waals surface area contributed by atoms with Gasteiger partial charge in [-0.1, -0.05) is 50.1 Å². The van der Waals surface area contributed by atoms with Crippen LogP contribution < -0.4 is 5.32 Å². The number of nitrogens with zero attached hydrogens (tertiary/aromatic N) is 4. The summed E-state index contributed by atoms with van der Waals surface area (Å²) in [5.41, 5.74) is 2.35. The van der Waals surface area contributed by atoms with E-state index in [-0.39, 0.29) is 17.5 Å². The van der Waals surface area contributed by atoms with Gasteiger partial charge < -0.3 is 5.32 Å². The number of hydrogen-bond donors (Lipinski definition) is 1. The van der Waals surface area contributed by atoms with E-state index in [0.29, 0.717) is 30.1 Å². The summed E-state index contributed by atoms with van der Waals surface area (Å²) in [6.07, 6.45) is 8.06. The van der Waals surface area contributed by atoms with Crippen LogP contribution in [0.4, 0.5) is 0 Å². The first kappa shape index (κ1) is 20.4. The number of rotatable bonds is 6. The number of aromatic nitrogens is 2. The second-order valence-corrected chi connectivity index (χ2v) is 7.48. The van der Waals surface area contributed by atoms with Crippen LogP contribution in [-0.2, 0) is 11.3 Å². The molecule has 1 aromatic carbocycles. The molecular weight excluding hydrogens is 362 g/mol. The van der Waals surface area contributed by atoms with Crippen molar-refractivity contribution >= 4 is 12.0 Å². The number of nitrogens with one attached hydrogen (secondary N) is 1. The fourth-order valence-electron chi connectivity index (χ4n) is 3.72. The fraction of sp³-hybridized carbons (Fsp3) is 0.391. The van der Waals surface area contributed by atoms with Crippen molar-refractivity contribution in [3.63, 3.8) is 0 Å². The summed E-state index contributed by atoms with van der Waals surface area (Å²) >= 11 is 0. The number of carbonyl (C=O) groups is 1. The standard InChI is InChI=1S/C23H25N5O/c1-17-8-5-6-11-21(17)26-23(29)19(15-25)14-20-16-28(13-7-12-24)27-22(20)18-9-3-2-4-10-18/h2-4,9-10,14,16-17,21H,5-8,11,13H2,1H3,(H,26,29)/b19-14+/t17-,21-/m1/s1. The van der Waals surface area contributed by atoms with E-state index >= 15 is 0 Å². The molecule has 29 heavy (non-hydrogen) atoms. The Morgan fingerprint density at radius 1 is 1.28 bits per heavy atom. The summed E-state index contributed by atoms with van der Waals surface area (Å²) in [7, 11) is 0. The molecule has 1 saturated carbocycles. The van der Waals surface area contributed by atoms with E-state index < -0.39 is 0 Å². The van der Waals surface area contributed by atoms with Gasteiger partial charge in [-0.2, -0.15) is 15.6 Å². The predicted octanol–water partition coefficient (Wildman–Crippen LogP) is 4.07. The summed E-state index contributed by atoms with van der Waals surface area (Å²) < 4.78 is 1.69. The summed E-state index contributed by atoms with van der Waals surface area (Å²) in [6, 6.07) is 13.9. The zero-order valence-electron chi connectivity index (χ0n) is 16.6. The van der Waals surface area contributed by atoms with Crippen molar-refractivity contribution in [1.82, 2.24) is 15.1 Å². The average Bonchev–Trinajstić information content (AvgIpc) is 3.15. The minimum atomic E-state index is -0.338. The average molecular weight is 387 g/mol. The van der Waals surface area contributed by atoms with Crippen molar-refractivity contribution in [3.05, 3.63) is 47.7 Å². The highest BCUT2D eigenvalue weighted by molar-refractivity contribution is 6.02. The first-order valence-electron chi connectivity index (χ1n) is 10.0. The summed E-state index contributed by atoms with van der Waals surface area (Å²) in [5.74, 6) is 0.0799. The Morgan fingerprint density at radius 2 is 2.03 bits per heavy atom. The first-order chi connectivity index (χ1) is 14.1. The van der Waals surface area contributed by atoms with Gasteiger partial charge in [0.1, 0.15) is 11.6 Å². The normalized spacial score (nSPS) is 19.2. The highest BCUT2D eigenvalue weighted by Crippen LogP contribution is 2.26. The highest BCUT2D eigenvalue weighted by Gasteiger charge is 2.24. The minimum Gasteiger partial charge on any atom is -0.348 e. The van der Waals surface area contributed by atoms with Crippen LogP contribution >= 0.6 is 0 Å². The Morgan fingerprint density at radius 3 is 2.72 bits per heavy atom. The van der Waals surface area contributed by atoms with E-state index in [4.69, 9.17) is 5.26 Å². The lowest BCUT2D eigenvalue weighted by Gasteiger charge is -2.29. The van der Waals surface area contributed by atoms with Gasteiger partial charge in [-0.05, 0) is 24.8 Å². The van der Waals surface area contributed by atoms with E-state index in [1.807, 2.05) is 36.4 Å². The predicted molar refractivity (Wildman–Crippen MR) is 111 cm³/mol. The molecule has 3 rings (SSSR count). The Hall–Kier alpha value is -3.38. The van der Waals surface area contributed by atoms with E-state index in [0.717, 1.165) is 24.8 Å². The van der Waals surface area contributed by atoms with E-state index in [9.17, 15) is 10.1 Å². The van der Waals surface area contributed by atoms with Crippen LogP contribution in [0.15, 0.2) is 42.1 Å². The minimum absolute atomic E-state index is 0.0692. The van der Waals surface area contributed by atoms with Crippen molar-refractivity contribution in [2.24, 2.45) is 5.92 Å². The molecule has 0 radical (unpaired) electrons. The Kier molecular flexibility index (Phi) is 6.81. The third-order valence-electron chi connectivity index (χ3n) is 5.38. The van der Waals surface area contributed by atoms with Crippen LogP contribution in [0.5, 0.6) is 0 Å². The van der Waals surface area contributed by atoms with Crippen LogP contribution in [0.25, 0.3) is 17.3 Å². The van der Waals surface area contributed by atoms with Crippen LogP contribution in [0.3, 0.4) is 0 Å². The Balaban J connectivity index is 1.89. The smallest absolute Gasteiger partial charge is 0.262 e. The first-order valence-corrected chi connectivity index (χ1v) is 10.0. The van der Waals surface area contributed by atoms with Crippen molar-refractivity contribution in [3.8, 4) is 23.4 Å². The maximum absolute atomic E-state index is 12.7. The Bertz CT molecular complexity index is 961. The number of carbonyl (C=O) groups excluding carboxylic acids is 1. The molecule has 0 unspecified atom stereocenters. The summed E-state index contributed by atoms with van der Waals surface area (Å²) in [4.78, 5) is 12.7. The number of aryl methyl sites for hydroxylation is 1. The van der Waals surface area contributed by atoms with Crippen LogP contribution in [0.2, 0.25) is 0 Å². The molecule has 2 aromatic rings. The molecule has 1 N–H and O–H groups in total. The van der Waals surface area contributed by atoms with Gasteiger partial charge in [0, 0.05) is 23.4 Å². The van der Waals surface area contributed by atoms with Crippen LogP contribution in [-0.4, -0.2) is 21.7 Å². The highest BCUT2D eigenvalue weighted by atomic mass is 16.1. The molecule has 6 heteroatoms. The molecule has 0 saturated heterocycles. The number of hydrogen-bond acceptors (Lipinski definition) is 4. The van der Waals surface area contributed by atoms with Gasteiger partial charge in [0.2, 0.25) is 0 Å². The molecule has 0 aliphatic heterocycles. The van der Waals surface area contributed by atoms with Gasteiger partial charge in [0.25, 0.3) is 5.91 Å². The zero-order valence-corrected chi connectivity index (χ0v) is 16.6. The van der Waals surface area contributed by atoms with E-state index in [2.05, 4.69) is 23.4 Å². The summed E-state index contributed by atoms with van der Waals surface area (Å²) in [5, 5.41) is 26.1. The fourth-order valence-corrected chi connectivity index (χ4v) is 3.72. The van der Waals surface area contributed by atoms with Gasteiger partial charge in [-0.3, -0.25) is 9.48 Å². The van der Waals surface area contributed by atoms with Gasteiger partial charge in [0.05, 0.1) is 24.7 Å². The number of benzene rings is 1. The molecule has 1 aliphatic carbocycles. The molecule has 1 aromatic heterocycles. The second-order valence-electron chi connectivity index (χ2n) is 7.48. The van der Waals surface area contributed by atoms with Crippen LogP contribution in [0, 0.1) is 28.6 Å². The van der Waals surface area contributed by atoms with Gasteiger partial charge in [-0.15, -0.1) is 0 Å². The maximum Gasteiger partial charge on any atom is 0.262 e. The van der Waals surface area contributed by atoms with Gasteiger partial charge in [0.15, 0.2) is 0 Å². The molecule has 0 spiro atoms. The van der Waals surface area contributed by atoms with Gasteiger partial charge >= 0.3 is 0 Å². The third kappa shape index (κ3) is 5.12. The molecule has 148 valence electrons. The lowest BCUT2D eigenvalue weighted by Crippen LogP contribution is -2.41. The summed E-state index contributed by atoms with van der Waals surface area (Å²) in [6.45, 7) is 2.60. The lowest BCUT2D eigenvalue weighted by atomic mass is 9.86. The Labute approximate surface area is 171 Å². The largest absolute Gasteiger partial charge is 0.348 e. The van der Waals surface area contributed by atoms with Crippen LogP contribution in [0.1, 0.15) is 44.6 Å². The monoisotopic (exact) mass is 387 g/mol. The van der Waals surface area contributed by atoms with Crippen molar-refractivity contribution < 1.29 is 4.79 Å². The number of nitriles is 2. The van der Waals surface area contributed by atoms with Crippen molar-refractivity contribution in [2.45, 2.75) is 51.6 Å². The molecule has 1 aliphatic rings. The van der Waals surface area contributed by atoms with E-state index in [1.165, 1.54) is 6.42 Å². The van der Waals surface area contributed by atoms with Gasteiger partial charge in [-0.25, -0.2) is 0 Å². The van der Waals surface area contributed by atoms with Crippen molar-refractivity contribution in [2.75, 3.05) is 0 Å². The molecule has 1 fully saturated rings. The quantitative estimate of drug-likeness (QED) is 0.597. The van der Waals surface area contributed by atoms with Crippen molar-refractivity contribution in [1.29, 1.82) is 10.5 Å². The lowest BCUT2D eigenvalue weighted by molar-refractivity contribution is -0.118. The molecule has 2 atom stereocenters. The van der Waals surface area contributed by atoms with E-state index in [1.54, 1.807) is 17.0 Å². The maximum atomic E-state index is 12.7. The zero-order chi connectivity index (χ0) is 20.6. The topological polar surface area (TPSA) is 94.5 Å². The molecule has 1 heterocycles. The SMILES string of the molecule is C[C@@H]1CCCC[C@H]1NC(=O)/C(C#N)=C/c1cn(CCC#N)nc1-c1ccccc1. The molecule has 0 bridgehead atoms. The molecule has 6 nitrogen and oxygen atoms in total. The molecule has 1 amide bonds. The second kappa shape index (κ2) is 9.71. The number of amides is 1. The third-order valence-corrected chi connectivity index (χ3v) is 5.38. The molecular formula is C23H25N5O.